The lowest BCUT2D eigenvalue weighted by atomic mass is 10.1. The smallest absolute Gasteiger partial charge is 0.326 e. The summed E-state index contributed by atoms with van der Waals surface area (Å²) in [6, 6.07) is -2.17. The van der Waals surface area contributed by atoms with E-state index in [0.717, 1.165) is 0 Å². The van der Waals surface area contributed by atoms with Gasteiger partial charge in [0.15, 0.2) is 0 Å². The van der Waals surface area contributed by atoms with Gasteiger partial charge >= 0.3 is 18.0 Å². The minimum Gasteiger partial charge on any atom is -0.481 e. The van der Waals surface area contributed by atoms with Crippen LogP contribution < -0.4 is 10.6 Å². The molecule has 0 spiro atoms. The molecule has 0 fully saturated rings. The molecule has 4 N–H and O–H groups in total. The van der Waals surface area contributed by atoms with E-state index in [1.54, 1.807) is 6.92 Å². The SMILES string of the molecule is CC(CS(C)=O)NC(=O)N[C@H](CCCC(=O)O)C(=O)O. The second-order valence-corrected chi connectivity index (χ2v) is 5.92. The quantitative estimate of drug-likeness (QED) is 0.464. The molecule has 2 amide bonds. The van der Waals surface area contributed by atoms with E-state index in [1.165, 1.54) is 6.26 Å². The predicted molar refractivity (Wildman–Crippen MR) is 73.0 cm³/mol. The van der Waals surface area contributed by atoms with Crippen LogP contribution in [-0.4, -0.2) is 56.5 Å². The van der Waals surface area contributed by atoms with Crippen LogP contribution in [-0.2, 0) is 20.4 Å². The fourth-order valence-corrected chi connectivity index (χ4v) is 2.32. The minimum absolute atomic E-state index is 0.0309. The van der Waals surface area contributed by atoms with Crippen LogP contribution in [0.25, 0.3) is 0 Å². The van der Waals surface area contributed by atoms with Crippen molar-refractivity contribution in [2.45, 2.75) is 38.3 Å². The van der Waals surface area contributed by atoms with Crippen LogP contribution in [0.2, 0.25) is 0 Å². The second-order valence-electron chi connectivity index (χ2n) is 4.44. The summed E-state index contributed by atoms with van der Waals surface area (Å²) in [4.78, 5) is 32.8. The van der Waals surface area contributed by atoms with Crippen LogP contribution in [0.15, 0.2) is 0 Å². The lowest BCUT2D eigenvalue weighted by molar-refractivity contribution is -0.140. The molecule has 2 unspecified atom stereocenters. The minimum atomic E-state index is -1.22. The van der Waals surface area contributed by atoms with E-state index in [2.05, 4.69) is 10.6 Å². The Labute approximate surface area is 119 Å². The molecule has 0 radical (unpaired) electrons. The summed E-state index contributed by atoms with van der Waals surface area (Å²) in [6.45, 7) is 1.65. The molecule has 8 nitrogen and oxygen atoms in total. The number of hydrogen-bond donors (Lipinski definition) is 4. The number of carbonyl (C=O) groups excluding carboxylic acids is 1. The zero-order valence-electron chi connectivity index (χ0n) is 11.4. The molecular weight excluding hydrogens is 288 g/mol. The van der Waals surface area contributed by atoms with Crippen LogP contribution in [0.3, 0.4) is 0 Å². The van der Waals surface area contributed by atoms with Crippen molar-refractivity contribution in [2.75, 3.05) is 12.0 Å². The average molecular weight is 308 g/mol. The molecule has 0 aliphatic heterocycles. The molecule has 0 aliphatic rings. The molecule has 3 atom stereocenters. The lowest BCUT2D eigenvalue weighted by Crippen LogP contribution is -2.49. The number of carboxylic acid groups (broad SMARTS) is 2. The molecule has 9 heteroatoms. The normalized spacial score (nSPS) is 14.9. The van der Waals surface area contributed by atoms with Gasteiger partial charge < -0.3 is 20.8 Å². The first-order chi connectivity index (χ1) is 9.22. The Hall–Kier alpha value is -1.64. The van der Waals surface area contributed by atoms with Gasteiger partial charge in [-0.15, -0.1) is 0 Å². The van der Waals surface area contributed by atoms with Gasteiger partial charge in [-0.1, -0.05) is 0 Å². The molecule has 0 saturated carbocycles. The van der Waals surface area contributed by atoms with Crippen molar-refractivity contribution in [3.05, 3.63) is 0 Å². The Bertz CT molecular complexity index is 387. The fraction of sp³-hybridized carbons (Fsp3) is 0.727. The first kappa shape index (κ1) is 18.4. The standard InChI is InChI=1S/C11H20N2O6S/c1-7(6-20(2)19)12-11(18)13-8(10(16)17)4-3-5-9(14)15/h7-8H,3-6H2,1-2H3,(H,14,15)(H,16,17)(H2,12,13,18)/t7?,8-,20?/m1/s1. The number of aliphatic carboxylic acids is 2. The van der Waals surface area contributed by atoms with Gasteiger partial charge in [0.25, 0.3) is 0 Å². The third kappa shape index (κ3) is 9.31. The zero-order chi connectivity index (χ0) is 15.7. The molecule has 116 valence electrons. The van der Waals surface area contributed by atoms with E-state index in [9.17, 15) is 18.6 Å². The molecular formula is C11H20N2O6S. The Morgan fingerprint density at radius 2 is 1.80 bits per heavy atom. The third-order valence-electron chi connectivity index (χ3n) is 2.35. The highest BCUT2D eigenvalue weighted by molar-refractivity contribution is 7.84. The van der Waals surface area contributed by atoms with Gasteiger partial charge in [0.05, 0.1) is 0 Å². The van der Waals surface area contributed by atoms with Crippen molar-refractivity contribution >= 4 is 28.8 Å². The Morgan fingerprint density at radius 1 is 1.20 bits per heavy atom. The van der Waals surface area contributed by atoms with Crippen LogP contribution in [0, 0.1) is 0 Å². The maximum absolute atomic E-state index is 11.5. The van der Waals surface area contributed by atoms with Gasteiger partial charge in [-0.05, 0) is 19.8 Å². The molecule has 0 aromatic rings. The maximum Gasteiger partial charge on any atom is 0.326 e. The third-order valence-corrected chi connectivity index (χ3v) is 3.32. The molecule has 0 heterocycles. The summed E-state index contributed by atoms with van der Waals surface area (Å²) in [7, 11) is -1.07. The highest BCUT2D eigenvalue weighted by Crippen LogP contribution is 2.02. The van der Waals surface area contributed by atoms with Gasteiger partial charge in [-0.25, -0.2) is 9.59 Å². The number of rotatable bonds is 9. The highest BCUT2D eigenvalue weighted by Gasteiger charge is 2.20. The second kappa shape index (κ2) is 9.29. The molecule has 0 aromatic carbocycles. The topological polar surface area (TPSA) is 133 Å². The highest BCUT2D eigenvalue weighted by atomic mass is 32.2. The number of urea groups is 1. The molecule has 0 bridgehead atoms. The zero-order valence-corrected chi connectivity index (χ0v) is 12.2. The van der Waals surface area contributed by atoms with Crippen molar-refractivity contribution in [1.82, 2.24) is 10.6 Å². The Kier molecular flexibility index (Phi) is 8.53. The first-order valence-electron chi connectivity index (χ1n) is 6.04. The summed E-state index contributed by atoms with van der Waals surface area (Å²) >= 11 is 0. The molecule has 20 heavy (non-hydrogen) atoms. The van der Waals surface area contributed by atoms with Crippen LogP contribution in [0.4, 0.5) is 4.79 Å². The molecule has 0 rings (SSSR count). The van der Waals surface area contributed by atoms with Gasteiger partial charge in [-0.3, -0.25) is 9.00 Å². The largest absolute Gasteiger partial charge is 0.481 e. The fourth-order valence-electron chi connectivity index (χ4n) is 1.53. The van der Waals surface area contributed by atoms with Crippen molar-refractivity contribution in [3.63, 3.8) is 0 Å². The van der Waals surface area contributed by atoms with E-state index < -0.39 is 34.8 Å². The van der Waals surface area contributed by atoms with Gasteiger partial charge in [0, 0.05) is 35.3 Å². The van der Waals surface area contributed by atoms with Gasteiger partial charge in [0.2, 0.25) is 0 Å². The summed E-state index contributed by atoms with van der Waals surface area (Å²) < 4.78 is 11.0. The predicted octanol–water partition coefficient (Wildman–Crippen LogP) is -0.239. The summed E-state index contributed by atoms with van der Waals surface area (Å²) in [5.74, 6) is -1.97. The number of carboxylic acids is 2. The summed E-state index contributed by atoms with van der Waals surface area (Å²) in [5, 5.41) is 22.1. The maximum atomic E-state index is 11.5. The Morgan fingerprint density at radius 3 is 2.25 bits per heavy atom. The van der Waals surface area contributed by atoms with E-state index in [1.807, 2.05) is 0 Å². The van der Waals surface area contributed by atoms with Crippen LogP contribution in [0.5, 0.6) is 0 Å². The monoisotopic (exact) mass is 308 g/mol. The van der Waals surface area contributed by atoms with E-state index in [0.29, 0.717) is 0 Å². The number of carbonyl (C=O) groups is 3. The van der Waals surface area contributed by atoms with E-state index in [-0.39, 0.29) is 31.1 Å². The molecule has 0 aliphatic carbocycles. The summed E-state index contributed by atoms with van der Waals surface area (Å²) in [6.07, 6.45) is 1.53. The van der Waals surface area contributed by atoms with Gasteiger partial charge in [-0.2, -0.15) is 0 Å². The van der Waals surface area contributed by atoms with Crippen LogP contribution in [0.1, 0.15) is 26.2 Å². The number of hydrogen-bond acceptors (Lipinski definition) is 4. The Balaban J connectivity index is 4.23. The van der Waals surface area contributed by atoms with Crippen molar-refractivity contribution < 1.29 is 28.8 Å². The lowest BCUT2D eigenvalue weighted by Gasteiger charge is -2.17. The van der Waals surface area contributed by atoms with E-state index >= 15 is 0 Å². The average Bonchev–Trinajstić information content (AvgIpc) is 2.25. The molecule has 0 saturated heterocycles. The number of nitrogens with one attached hydrogen (secondary N) is 2. The van der Waals surface area contributed by atoms with E-state index in [4.69, 9.17) is 10.2 Å². The molecule has 0 aromatic heterocycles. The van der Waals surface area contributed by atoms with Gasteiger partial charge in [0.1, 0.15) is 6.04 Å². The van der Waals surface area contributed by atoms with Crippen LogP contribution >= 0.6 is 0 Å². The number of amides is 2. The van der Waals surface area contributed by atoms with Crippen molar-refractivity contribution in [2.24, 2.45) is 0 Å². The summed E-state index contributed by atoms with van der Waals surface area (Å²) in [5.41, 5.74) is 0. The van der Waals surface area contributed by atoms with Crippen molar-refractivity contribution in [3.8, 4) is 0 Å². The van der Waals surface area contributed by atoms with Crippen molar-refractivity contribution in [1.29, 1.82) is 0 Å². The first-order valence-corrected chi connectivity index (χ1v) is 7.76.